The molecule has 0 bridgehead atoms. The average Bonchev–Trinajstić information content (AvgIpc) is 2.49. The maximum absolute atomic E-state index is 13.6. The van der Waals surface area contributed by atoms with E-state index in [1.165, 1.54) is 12.1 Å². The Morgan fingerprint density at radius 3 is 2.77 bits per heavy atom. The van der Waals surface area contributed by atoms with E-state index in [0.29, 0.717) is 17.0 Å². The number of carbonyl (C=O) groups excluding carboxylic acids is 2. The quantitative estimate of drug-likeness (QED) is 0.887. The Labute approximate surface area is 124 Å². The Hall–Kier alpha value is -2.76. The average molecular weight is 303 g/mol. The summed E-state index contributed by atoms with van der Waals surface area (Å²) >= 11 is 0. The van der Waals surface area contributed by atoms with E-state index < -0.39 is 11.6 Å². The first kappa shape index (κ1) is 14.2. The van der Waals surface area contributed by atoms with Crippen LogP contribution >= 0.6 is 0 Å². The first-order chi connectivity index (χ1) is 10.5. The number of ether oxygens (including phenoxy) is 1. The van der Waals surface area contributed by atoms with Crippen LogP contribution in [0.5, 0.6) is 5.75 Å². The van der Waals surface area contributed by atoms with Crippen LogP contribution < -0.4 is 10.1 Å². The number of hydrogen-bond acceptors (Lipinski definition) is 3. The normalized spacial score (nSPS) is 13.1. The fourth-order valence-electron chi connectivity index (χ4n) is 2.20. The van der Waals surface area contributed by atoms with Crippen LogP contribution in [0.4, 0.5) is 14.5 Å². The molecule has 2 aromatic carbocycles. The van der Waals surface area contributed by atoms with E-state index in [9.17, 15) is 18.4 Å². The molecule has 6 heteroatoms. The van der Waals surface area contributed by atoms with Crippen molar-refractivity contribution in [2.24, 2.45) is 0 Å². The van der Waals surface area contributed by atoms with Crippen molar-refractivity contribution in [1.29, 1.82) is 0 Å². The van der Waals surface area contributed by atoms with E-state index in [2.05, 4.69) is 5.32 Å². The Kier molecular flexibility index (Phi) is 3.58. The zero-order valence-electron chi connectivity index (χ0n) is 11.4. The number of ketones is 1. The number of amides is 1. The Morgan fingerprint density at radius 1 is 1.18 bits per heavy atom. The van der Waals surface area contributed by atoms with Crippen LogP contribution in [0, 0.1) is 11.6 Å². The van der Waals surface area contributed by atoms with Gasteiger partial charge in [-0.25, -0.2) is 8.78 Å². The van der Waals surface area contributed by atoms with Crippen molar-refractivity contribution in [3.05, 3.63) is 59.2 Å². The summed E-state index contributed by atoms with van der Waals surface area (Å²) in [5.74, 6) is -1.62. The van der Waals surface area contributed by atoms with Crippen molar-refractivity contribution < 1.29 is 23.1 Å². The van der Waals surface area contributed by atoms with Crippen LogP contribution in [0.3, 0.4) is 0 Å². The molecule has 1 aliphatic rings. The minimum atomic E-state index is -0.761. The Bertz CT molecular complexity index is 774. The largest absolute Gasteiger partial charge is 0.482 e. The second-order valence-electron chi connectivity index (χ2n) is 4.88. The molecule has 0 aromatic heterocycles. The minimum Gasteiger partial charge on any atom is -0.482 e. The molecule has 22 heavy (non-hydrogen) atoms. The van der Waals surface area contributed by atoms with Crippen LogP contribution in [0.2, 0.25) is 0 Å². The Morgan fingerprint density at radius 2 is 2.00 bits per heavy atom. The van der Waals surface area contributed by atoms with Gasteiger partial charge in [-0.3, -0.25) is 9.59 Å². The third kappa shape index (κ3) is 2.81. The van der Waals surface area contributed by atoms with Crippen molar-refractivity contribution >= 4 is 17.4 Å². The number of carbonyl (C=O) groups is 2. The summed E-state index contributed by atoms with van der Waals surface area (Å²) in [5, 5.41) is 2.60. The van der Waals surface area contributed by atoms with Gasteiger partial charge in [0.1, 0.15) is 17.4 Å². The van der Waals surface area contributed by atoms with Crippen molar-refractivity contribution in [2.45, 2.75) is 6.42 Å². The van der Waals surface area contributed by atoms with Gasteiger partial charge in [0, 0.05) is 18.1 Å². The number of Topliss-reactive ketones (excluding diaryl/α,β-unsaturated/α-hetero) is 1. The van der Waals surface area contributed by atoms with Gasteiger partial charge in [0.05, 0.1) is 5.69 Å². The molecule has 0 saturated carbocycles. The molecular formula is C16H11F2NO3. The van der Waals surface area contributed by atoms with E-state index in [-0.39, 0.29) is 30.3 Å². The van der Waals surface area contributed by atoms with Gasteiger partial charge < -0.3 is 10.1 Å². The molecule has 112 valence electrons. The second kappa shape index (κ2) is 5.55. The van der Waals surface area contributed by atoms with E-state index in [1.54, 1.807) is 12.1 Å². The minimum absolute atomic E-state index is 0.0684. The van der Waals surface area contributed by atoms with Crippen LogP contribution in [0.25, 0.3) is 0 Å². The fourth-order valence-corrected chi connectivity index (χ4v) is 2.20. The van der Waals surface area contributed by atoms with Crippen molar-refractivity contribution in [1.82, 2.24) is 0 Å². The number of halogens is 2. The molecule has 0 aliphatic carbocycles. The topological polar surface area (TPSA) is 55.4 Å². The highest BCUT2D eigenvalue weighted by atomic mass is 19.1. The lowest BCUT2D eigenvalue weighted by Crippen LogP contribution is -2.25. The molecule has 0 radical (unpaired) electrons. The third-order valence-corrected chi connectivity index (χ3v) is 3.30. The molecule has 1 N–H and O–H groups in total. The molecule has 0 spiro atoms. The van der Waals surface area contributed by atoms with Crippen LogP contribution in [0.15, 0.2) is 36.4 Å². The molecule has 0 fully saturated rings. The first-order valence-corrected chi connectivity index (χ1v) is 6.57. The van der Waals surface area contributed by atoms with Gasteiger partial charge >= 0.3 is 0 Å². The maximum atomic E-state index is 13.6. The summed E-state index contributed by atoms with van der Waals surface area (Å²) in [6, 6.07) is 7.68. The monoisotopic (exact) mass is 303 g/mol. The summed E-state index contributed by atoms with van der Waals surface area (Å²) in [5.41, 5.74) is 0.833. The summed E-state index contributed by atoms with van der Waals surface area (Å²) in [6.07, 6.45) is -0.195. The smallest absolute Gasteiger partial charge is 0.262 e. The number of rotatable bonds is 3. The molecule has 2 aromatic rings. The molecule has 4 nitrogen and oxygen atoms in total. The number of nitrogens with one attached hydrogen (secondary N) is 1. The number of hydrogen-bond donors (Lipinski definition) is 1. The predicted molar refractivity (Wildman–Crippen MR) is 75.0 cm³/mol. The van der Waals surface area contributed by atoms with Gasteiger partial charge in [0.2, 0.25) is 0 Å². The highest BCUT2D eigenvalue weighted by Crippen LogP contribution is 2.29. The van der Waals surface area contributed by atoms with Crippen molar-refractivity contribution in [2.75, 3.05) is 11.9 Å². The predicted octanol–water partition coefficient (Wildman–Crippen LogP) is 2.72. The van der Waals surface area contributed by atoms with Gasteiger partial charge in [-0.1, -0.05) is 6.07 Å². The molecule has 1 heterocycles. The second-order valence-corrected chi connectivity index (χ2v) is 4.88. The number of anilines is 1. The van der Waals surface area contributed by atoms with E-state index >= 15 is 0 Å². The zero-order valence-corrected chi connectivity index (χ0v) is 11.4. The van der Waals surface area contributed by atoms with E-state index in [0.717, 1.165) is 12.1 Å². The van der Waals surface area contributed by atoms with E-state index in [4.69, 9.17) is 4.74 Å². The molecule has 0 saturated heterocycles. The maximum Gasteiger partial charge on any atom is 0.262 e. The molecule has 1 amide bonds. The summed E-state index contributed by atoms with van der Waals surface area (Å²) < 4.78 is 31.6. The molecule has 1 aliphatic heterocycles. The first-order valence-electron chi connectivity index (χ1n) is 6.57. The van der Waals surface area contributed by atoms with Crippen LogP contribution in [-0.2, 0) is 11.2 Å². The van der Waals surface area contributed by atoms with Gasteiger partial charge in [-0.2, -0.15) is 0 Å². The lowest BCUT2D eigenvalue weighted by Gasteiger charge is -2.18. The van der Waals surface area contributed by atoms with Gasteiger partial charge in [0.15, 0.2) is 12.4 Å². The van der Waals surface area contributed by atoms with Gasteiger partial charge in [-0.15, -0.1) is 0 Å². The lowest BCUT2D eigenvalue weighted by molar-refractivity contribution is -0.118. The van der Waals surface area contributed by atoms with Crippen LogP contribution in [-0.4, -0.2) is 18.3 Å². The summed E-state index contributed by atoms with van der Waals surface area (Å²) in [6.45, 7) is -0.0684. The standard InChI is InChI=1S/C16H11F2NO3/c17-11-3-1-9(12(18)7-11)6-14(20)10-2-4-15-13(5-10)19-16(21)8-22-15/h1-5,7H,6,8H2,(H,19,21). The molecule has 0 unspecified atom stereocenters. The highest BCUT2D eigenvalue weighted by Gasteiger charge is 2.18. The lowest BCUT2D eigenvalue weighted by atomic mass is 10.0. The SMILES string of the molecule is O=C1COc2ccc(C(=O)Cc3ccc(F)cc3F)cc2N1. The van der Waals surface area contributed by atoms with Gasteiger partial charge in [-0.05, 0) is 29.8 Å². The van der Waals surface area contributed by atoms with E-state index in [1.807, 2.05) is 0 Å². The molecular weight excluding hydrogens is 292 g/mol. The fraction of sp³-hybridized carbons (Fsp3) is 0.125. The number of fused-ring (bicyclic) bond motifs is 1. The van der Waals surface area contributed by atoms with Gasteiger partial charge in [0.25, 0.3) is 5.91 Å². The molecule has 0 atom stereocenters. The van der Waals surface area contributed by atoms with Crippen LogP contribution in [0.1, 0.15) is 15.9 Å². The highest BCUT2D eigenvalue weighted by molar-refractivity contribution is 6.01. The zero-order chi connectivity index (χ0) is 15.7. The van der Waals surface area contributed by atoms with Crippen molar-refractivity contribution in [3.8, 4) is 5.75 Å². The summed E-state index contributed by atoms with van der Waals surface area (Å²) in [4.78, 5) is 23.5. The Balaban J connectivity index is 1.83. The third-order valence-electron chi connectivity index (χ3n) is 3.30. The molecule has 3 rings (SSSR count). The van der Waals surface area contributed by atoms with Crippen molar-refractivity contribution in [3.63, 3.8) is 0 Å². The summed E-state index contributed by atoms with van der Waals surface area (Å²) in [7, 11) is 0. The number of benzene rings is 2.